The number of carbonyl (C=O) groups is 1. The smallest absolute Gasteiger partial charge is 0.351 e. The zero-order chi connectivity index (χ0) is 28.1. The minimum atomic E-state index is -0.618. The van der Waals surface area contributed by atoms with E-state index >= 15 is 0 Å². The van der Waals surface area contributed by atoms with Crippen LogP contribution in [0.2, 0.25) is 5.02 Å². The Balaban J connectivity index is 1.41. The number of carbonyl (C=O) groups excluding carboxylic acids is 1. The van der Waals surface area contributed by atoms with Gasteiger partial charge in [0.25, 0.3) is 0 Å². The molecule has 0 radical (unpaired) electrons. The van der Waals surface area contributed by atoms with Crippen LogP contribution in [0.5, 0.6) is 0 Å². The molecule has 6 heterocycles. The van der Waals surface area contributed by atoms with E-state index in [-0.39, 0.29) is 6.04 Å². The molecule has 0 spiro atoms. The summed E-state index contributed by atoms with van der Waals surface area (Å²) in [5, 5.41) is 7.53. The van der Waals surface area contributed by atoms with Gasteiger partial charge in [-0.3, -0.25) is 10.3 Å². The lowest BCUT2D eigenvalue weighted by molar-refractivity contribution is 0.121. The lowest BCUT2D eigenvalue weighted by Crippen LogP contribution is -2.28. The Morgan fingerprint density at radius 1 is 1.10 bits per heavy atom. The normalized spacial score (nSPS) is 24.7. The van der Waals surface area contributed by atoms with Crippen LogP contribution in [0, 0.1) is 18.8 Å². The van der Waals surface area contributed by atoms with Gasteiger partial charge in [0.1, 0.15) is 0 Å². The monoisotopic (exact) mass is 577 g/mol. The first-order valence-corrected chi connectivity index (χ1v) is 14.6. The van der Waals surface area contributed by atoms with E-state index in [4.69, 9.17) is 30.9 Å². The highest BCUT2D eigenvalue weighted by molar-refractivity contribution is 6.30. The third kappa shape index (κ3) is 4.99. The zero-order valence-electron chi connectivity index (χ0n) is 23.0. The molecule has 3 aliphatic rings. The van der Waals surface area contributed by atoms with E-state index in [2.05, 4.69) is 42.3 Å². The van der Waals surface area contributed by atoms with Gasteiger partial charge in [-0.1, -0.05) is 36.5 Å². The maximum Gasteiger partial charge on any atom is 0.427 e. The third-order valence-electron chi connectivity index (χ3n) is 8.46. The Bertz CT molecular complexity index is 1600. The second-order valence-corrected chi connectivity index (χ2v) is 11.8. The van der Waals surface area contributed by atoms with Crippen LogP contribution in [0.1, 0.15) is 75.1 Å². The number of amides is 1. The lowest BCUT2D eigenvalue weighted by Gasteiger charge is -2.29. The van der Waals surface area contributed by atoms with Crippen LogP contribution in [0.25, 0.3) is 22.3 Å². The van der Waals surface area contributed by atoms with E-state index in [1.54, 1.807) is 12.4 Å². The number of pyridine rings is 2. The molecule has 2 saturated heterocycles. The number of aromatic nitrogens is 6. The van der Waals surface area contributed by atoms with Gasteiger partial charge in [0, 0.05) is 38.0 Å². The molecule has 2 aliphatic heterocycles. The van der Waals surface area contributed by atoms with E-state index in [1.165, 1.54) is 25.7 Å². The molecule has 214 valence electrons. The van der Waals surface area contributed by atoms with Crippen molar-refractivity contribution in [1.82, 2.24) is 40.5 Å². The van der Waals surface area contributed by atoms with Crippen molar-refractivity contribution in [2.75, 3.05) is 11.4 Å². The molecule has 4 aromatic rings. The second-order valence-electron chi connectivity index (χ2n) is 11.4. The molecule has 0 aromatic carbocycles. The largest absolute Gasteiger partial charge is 0.427 e. The van der Waals surface area contributed by atoms with Crippen LogP contribution in [0.3, 0.4) is 0 Å². The fourth-order valence-corrected chi connectivity index (χ4v) is 6.54. The first-order chi connectivity index (χ1) is 19.9. The van der Waals surface area contributed by atoms with Crippen LogP contribution in [0.15, 0.2) is 29.0 Å². The summed E-state index contributed by atoms with van der Waals surface area (Å²) >= 11 is 6.41. The molecule has 0 bridgehead atoms. The van der Waals surface area contributed by atoms with Gasteiger partial charge in [0.05, 0.1) is 33.5 Å². The fraction of sp³-hybridized carbons (Fsp3) is 0.500. The SMILES string of the molecule is Cc1nc(C2CCCN2c2nc3cc(C4NOC(=O)N4)nc(-c4cncc(Cl)c4)c3n2CC2CCC(C)CC2)no1. The topological polar surface area (TPSA) is 136 Å². The average molecular weight is 578 g/mol. The van der Waals surface area contributed by atoms with Crippen molar-refractivity contribution in [3.8, 4) is 11.3 Å². The van der Waals surface area contributed by atoms with E-state index in [9.17, 15) is 4.79 Å². The molecule has 4 aromatic heterocycles. The second kappa shape index (κ2) is 10.6. The molecule has 41 heavy (non-hydrogen) atoms. The van der Waals surface area contributed by atoms with Gasteiger partial charge in [-0.15, -0.1) is 5.48 Å². The quantitative estimate of drug-likeness (QED) is 0.312. The van der Waals surface area contributed by atoms with E-state index < -0.39 is 12.3 Å². The number of nitrogens with one attached hydrogen (secondary N) is 2. The molecule has 2 atom stereocenters. The molecule has 1 aliphatic carbocycles. The number of halogens is 1. The van der Waals surface area contributed by atoms with Crippen molar-refractivity contribution < 1.29 is 14.2 Å². The number of nitrogens with zero attached hydrogens (tertiary/aromatic N) is 7. The third-order valence-corrected chi connectivity index (χ3v) is 8.66. The summed E-state index contributed by atoms with van der Waals surface area (Å²) in [6.45, 7) is 5.79. The van der Waals surface area contributed by atoms with Crippen LogP contribution in [-0.4, -0.2) is 42.3 Å². The maximum absolute atomic E-state index is 11.8. The predicted octanol–water partition coefficient (Wildman–Crippen LogP) is 5.25. The number of imidazole rings is 1. The van der Waals surface area contributed by atoms with Gasteiger partial charge in [-0.05, 0) is 49.7 Å². The molecule has 2 N–H and O–H groups in total. The van der Waals surface area contributed by atoms with Gasteiger partial charge in [0.2, 0.25) is 11.8 Å². The summed E-state index contributed by atoms with van der Waals surface area (Å²) in [7, 11) is 0. The van der Waals surface area contributed by atoms with Crippen LogP contribution >= 0.6 is 11.6 Å². The highest BCUT2D eigenvalue weighted by atomic mass is 35.5. The molecule has 1 saturated carbocycles. The van der Waals surface area contributed by atoms with E-state index in [0.29, 0.717) is 34.0 Å². The Kier molecular flexibility index (Phi) is 6.74. The number of hydrogen-bond acceptors (Lipinski definition) is 10. The van der Waals surface area contributed by atoms with Crippen molar-refractivity contribution in [1.29, 1.82) is 0 Å². The summed E-state index contributed by atoms with van der Waals surface area (Å²) in [5.41, 5.74) is 6.44. The average Bonchev–Trinajstić information content (AvgIpc) is 3.76. The standard InChI is InChI=1S/C28H32ClN9O3/c1-15-5-7-17(8-6-15)14-38-24-20(33-27(38)37-9-3-4-22(37)26-31-16(2)40-36-26)11-21(25-34-28(39)41-35-25)32-23(24)18-10-19(29)13-30-12-18/h10-13,15,17,22,25,35H,3-9,14H2,1-2H3,(H,34,39). The predicted molar refractivity (Wildman–Crippen MR) is 151 cm³/mol. The number of hydroxylamine groups is 1. The summed E-state index contributed by atoms with van der Waals surface area (Å²) in [4.78, 5) is 38.3. The molecule has 13 heteroatoms. The highest BCUT2D eigenvalue weighted by Gasteiger charge is 2.35. The summed E-state index contributed by atoms with van der Waals surface area (Å²) < 4.78 is 7.68. The van der Waals surface area contributed by atoms with E-state index in [1.807, 2.05) is 19.1 Å². The van der Waals surface area contributed by atoms with Gasteiger partial charge in [-0.2, -0.15) is 4.98 Å². The molecule has 2 unspecified atom stereocenters. The van der Waals surface area contributed by atoms with E-state index in [0.717, 1.165) is 54.4 Å². The molecule has 1 amide bonds. The Hall–Kier alpha value is -3.77. The molecule has 7 rings (SSSR count). The van der Waals surface area contributed by atoms with Crippen LogP contribution in [0.4, 0.5) is 10.7 Å². The Labute approximate surface area is 241 Å². The summed E-state index contributed by atoms with van der Waals surface area (Å²) in [5.74, 6) is 3.36. The zero-order valence-corrected chi connectivity index (χ0v) is 23.8. The minimum Gasteiger partial charge on any atom is -0.351 e. The van der Waals surface area contributed by atoms with Gasteiger partial charge < -0.3 is 18.8 Å². The van der Waals surface area contributed by atoms with Gasteiger partial charge >= 0.3 is 6.09 Å². The van der Waals surface area contributed by atoms with Crippen molar-refractivity contribution in [3.63, 3.8) is 0 Å². The van der Waals surface area contributed by atoms with Crippen molar-refractivity contribution in [3.05, 3.63) is 47.0 Å². The maximum atomic E-state index is 11.8. The van der Waals surface area contributed by atoms with Crippen LogP contribution < -0.4 is 15.7 Å². The van der Waals surface area contributed by atoms with Crippen molar-refractivity contribution >= 4 is 34.7 Å². The number of fused-ring (bicyclic) bond motifs is 1. The van der Waals surface area contributed by atoms with Crippen molar-refractivity contribution in [2.24, 2.45) is 11.8 Å². The number of hydrogen-bond donors (Lipinski definition) is 2. The van der Waals surface area contributed by atoms with Gasteiger partial charge in [-0.25, -0.2) is 14.8 Å². The molecular weight excluding hydrogens is 546 g/mol. The minimum absolute atomic E-state index is 0.0395. The number of rotatable bonds is 6. The molecule has 3 fully saturated rings. The summed E-state index contributed by atoms with van der Waals surface area (Å²) in [6.07, 6.45) is 8.87. The highest BCUT2D eigenvalue weighted by Crippen LogP contribution is 2.40. The Morgan fingerprint density at radius 2 is 1.95 bits per heavy atom. The molecule has 12 nitrogen and oxygen atoms in total. The van der Waals surface area contributed by atoms with Gasteiger partial charge in [0.15, 0.2) is 12.0 Å². The first kappa shape index (κ1) is 26.1. The fourth-order valence-electron chi connectivity index (χ4n) is 6.36. The van der Waals surface area contributed by atoms with Crippen LogP contribution in [-0.2, 0) is 11.4 Å². The lowest BCUT2D eigenvalue weighted by atomic mass is 9.83. The number of aryl methyl sites for hydroxylation is 1. The van der Waals surface area contributed by atoms with Crippen molar-refractivity contribution in [2.45, 2.75) is 71.1 Å². The molecular formula is C28H32ClN9O3. The first-order valence-electron chi connectivity index (χ1n) is 14.2. The Morgan fingerprint density at radius 3 is 2.68 bits per heavy atom. The number of anilines is 1. The summed E-state index contributed by atoms with van der Waals surface area (Å²) in [6, 6.07) is 3.73.